The van der Waals surface area contributed by atoms with E-state index in [1.807, 2.05) is 17.5 Å². The van der Waals surface area contributed by atoms with Gasteiger partial charge in [0, 0.05) is 18.3 Å². The molecule has 9 heteroatoms. The number of hydrogen-bond acceptors (Lipinski definition) is 4. The molecule has 1 aromatic carbocycles. The van der Waals surface area contributed by atoms with Gasteiger partial charge in [-0.3, -0.25) is 4.79 Å². The highest BCUT2D eigenvalue weighted by molar-refractivity contribution is 7.13. The molecular weight excluding hydrogens is 379 g/mol. The van der Waals surface area contributed by atoms with Gasteiger partial charge in [-0.05, 0) is 35.7 Å². The summed E-state index contributed by atoms with van der Waals surface area (Å²) in [6, 6.07) is 10.3. The van der Waals surface area contributed by atoms with E-state index in [0.717, 1.165) is 10.9 Å². The first-order chi connectivity index (χ1) is 12.5. The molecule has 2 N–H and O–H groups in total. The van der Waals surface area contributed by atoms with Crippen LogP contribution < -0.4 is 16.2 Å². The number of halogens is 2. The molecular formula is C17H14ClFN4O2S. The Morgan fingerprint density at radius 3 is 2.85 bits per heavy atom. The maximum absolute atomic E-state index is 13.1. The molecule has 0 aliphatic heterocycles. The molecule has 3 rings (SSSR count). The molecule has 0 bridgehead atoms. The Balaban J connectivity index is 1.57. The summed E-state index contributed by atoms with van der Waals surface area (Å²) >= 11 is 7.19. The Kier molecular flexibility index (Phi) is 5.65. The van der Waals surface area contributed by atoms with Gasteiger partial charge in [-0.15, -0.1) is 11.3 Å². The maximum atomic E-state index is 13.1. The maximum Gasteiger partial charge on any atom is 0.319 e. The number of carbonyl (C=O) groups is 1. The van der Waals surface area contributed by atoms with Crippen molar-refractivity contribution in [3.8, 4) is 10.6 Å². The van der Waals surface area contributed by atoms with E-state index in [4.69, 9.17) is 11.6 Å². The number of rotatable bonds is 5. The van der Waals surface area contributed by atoms with Crippen LogP contribution in [0.1, 0.15) is 0 Å². The first-order valence-corrected chi connectivity index (χ1v) is 8.90. The first kappa shape index (κ1) is 18.1. The SMILES string of the molecule is O=C(NCCn1nc(-c2cccs2)ccc1=O)Nc1ccc(F)c(Cl)c1. The number of nitrogens with one attached hydrogen (secondary N) is 2. The van der Waals surface area contributed by atoms with Crippen LogP contribution in [0, 0.1) is 5.82 Å². The third-order valence-corrected chi connectivity index (χ3v) is 4.61. The van der Waals surface area contributed by atoms with Gasteiger partial charge in [0.15, 0.2) is 0 Å². The first-order valence-electron chi connectivity index (χ1n) is 7.65. The van der Waals surface area contributed by atoms with Gasteiger partial charge in [-0.2, -0.15) is 5.10 Å². The molecule has 0 aliphatic rings. The Morgan fingerprint density at radius 1 is 1.27 bits per heavy atom. The van der Waals surface area contributed by atoms with E-state index < -0.39 is 11.8 Å². The molecule has 0 spiro atoms. The molecule has 0 aliphatic carbocycles. The summed E-state index contributed by atoms with van der Waals surface area (Å²) in [6.07, 6.45) is 0. The molecule has 0 saturated heterocycles. The van der Waals surface area contributed by atoms with Crippen LogP contribution in [-0.2, 0) is 6.54 Å². The molecule has 26 heavy (non-hydrogen) atoms. The second kappa shape index (κ2) is 8.11. The van der Waals surface area contributed by atoms with Crippen LogP contribution in [0.3, 0.4) is 0 Å². The van der Waals surface area contributed by atoms with Crippen LogP contribution in [0.5, 0.6) is 0 Å². The quantitative estimate of drug-likeness (QED) is 0.696. The van der Waals surface area contributed by atoms with Crippen molar-refractivity contribution in [2.75, 3.05) is 11.9 Å². The lowest BCUT2D eigenvalue weighted by molar-refractivity contribution is 0.251. The fourth-order valence-corrected chi connectivity index (χ4v) is 3.06. The molecule has 3 aromatic rings. The summed E-state index contributed by atoms with van der Waals surface area (Å²) in [5.74, 6) is -0.561. The lowest BCUT2D eigenvalue weighted by Crippen LogP contribution is -2.34. The minimum atomic E-state index is -0.561. The Morgan fingerprint density at radius 2 is 2.12 bits per heavy atom. The van der Waals surface area contributed by atoms with E-state index in [9.17, 15) is 14.0 Å². The minimum Gasteiger partial charge on any atom is -0.336 e. The van der Waals surface area contributed by atoms with E-state index >= 15 is 0 Å². The van der Waals surface area contributed by atoms with Crippen molar-refractivity contribution in [3.63, 3.8) is 0 Å². The topological polar surface area (TPSA) is 76.0 Å². The molecule has 2 amide bonds. The number of hydrogen-bond donors (Lipinski definition) is 2. The van der Waals surface area contributed by atoms with Crippen molar-refractivity contribution in [3.05, 3.63) is 69.0 Å². The minimum absolute atomic E-state index is 0.0797. The number of amides is 2. The molecule has 0 fully saturated rings. The largest absolute Gasteiger partial charge is 0.336 e. The van der Waals surface area contributed by atoms with Crippen molar-refractivity contribution in [2.24, 2.45) is 0 Å². The van der Waals surface area contributed by atoms with Crippen molar-refractivity contribution < 1.29 is 9.18 Å². The van der Waals surface area contributed by atoms with Gasteiger partial charge >= 0.3 is 6.03 Å². The second-order valence-corrected chi connectivity index (χ2v) is 6.62. The average Bonchev–Trinajstić information content (AvgIpc) is 3.14. The van der Waals surface area contributed by atoms with Gasteiger partial charge in [0.05, 0.1) is 16.4 Å². The van der Waals surface area contributed by atoms with Crippen molar-refractivity contribution in [1.82, 2.24) is 15.1 Å². The standard InChI is InChI=1S/C17H14ClFN4O2S/c18-12-10-11(3-4-13(12)19)21-17(25)20-7-8-23-16(24)6-5-14(22-23)15-2-1-9-26-15/h1-6,9-10H,7-8H2,(H2,20,21,25). The predicted octanol–water partition coefficient (Wildman–Crippen LogP) is 3.59. The number of thiophene rings is 1. The highest BCUT2D eigenvalue weighted by atomic mass is 35.5. The summed E-state index contributed by atoms with van der Waals surface area (Å²) in [4.78, 5) is 24.7. The van der Waals surface area contributed by atoms with E-state index in [0.29, 0.717) is 11.4 Å². The fourth-order valence-electron chi connectivity index (χ4n) is 2.19. The van der Waals surface area contributed by atoms with Gasteiger partial charge in [-0.1, -0.05) is 17.7 Å². The summed E-state index contributed by atoms with van der Waals surface area (Å²) in [5, 5.41) is 11.3. The molecule has 2 heterocycles. The zero-order chi connectivity index (χ0) is 18.5. The van der Waals surface area contributed by atoms with Crippen LogP contribution in [0.2, 0.25) is 5.02 Å². The highest BCUT2D eigenvalue weighted by Crippen LogP contribution is 2.21. The monoisotopic (exact) mass is 392 g/mol. The number of anilines is 1. The normalized spacial score (nSPS) is 10.5. The second-order valence-electron chi connectivity index (χ2n) is 5.27. The van der Waals surface area contributed by atoms with Crippen LogP contribution in [0.15, 0.2) is 52.6 Å². The number of carbonyl (C=O) groups excluding carboxylic acids is 1. The smallest absolute Gasteiger partial charge is 0.319 e. The Bertz CT molecular complexity index is 975. The van der Waals surface area contributed by atoms with E-state index in [1.54, 1.807) is 6.07 Å². The van der Waals surface area contributed by atoms with Crippen LogP contribution in [0.25, 0.3) is 10.6 Å². The summed E-state index contributed by atoms with van der Waals surface area (Å²) < 4.78 is 14.4. The molecule has 0 saturated carbocycles. The number of urea groups is 1. The molecule has 0 radical (unpaired) electrons. The summed E-state index contributed by atoms with van der Waals surface area (Å²) in [7, 11) is 0. The predicted molar refractivity (Wildman–Crippen MR) is 100 cm³/mol. The van der Waals surface area contributed by atoms with E-state index in [1.165, 1.54) is 34.2 Å². The summed E-state index contributed by atoms with van der Waals surface area (Å²) in [6.45, 7) is 0.414. The van der Waals surface area contributed by atoms with E-state index in [2.05, 4.69) is 15.7 Å². The molecule has 134 valence electrons. The Labute approximate surface area is 157 Å². The third kappa shape index (κ3) is 4.47. The van der Waals surface area contributed by atoms with Gasteiger partial charge in [0.25, 0.3) is 5.56 Å². The lowest BCUT2D eigenvalue weighted by atomic mass is 10.3. The molecule has 0 unspecified atom stereocenters. The highest BCUT2D eigenvalue weighted by Gasteiger charge is 2.07. The lowest BCUT2D eigenvalue weighted by Gasteiger charge is -2.09. The van der Waals surface area contributed by atoms with Crippen molar-refractivity contribution in [1.29, 1.82) is 0 Å². The summed E-state index contributed by atoms with van der Waals surface area (Å²) in [5.41, 5.74) is 0.812. The van der Waals surface area contributed by atoms with Gasteiger partial charge in [0.2, 0.25) is 0 Å². The van der Waals surface area contributed by atoms with Crippen LogP contribution in [0.4, 0.5) is 14.9 Å². The van der Waals surface area contributed by atoms with Crippen LogP contribution >= 0.6 is 22.9 Å². The number of benzene rings is 1. The fraction of sp³-hybridized carbons (Fsp3) is 0.118. The van der Waals surface area contributed by atoms with Crippen molar-refractivity contribution in [2.45, 2.75) is 6.54 Å². The van der Waals surface area contributed by atoms with Gasteiger partial charge in [-0.25, -0.2) is 13.9 Å². The number of nitrogens with zero attached hydrogens (tertiary/aromatic N) is 2. The molecule has 2 aromatic heterocycles. The van der Waals surface area contributed by atoms with Crippen molar-refractivity contribution >= 4 is 34.7 Å². The van der Waals surface area contributed by atoms with Gasteiger partial charge < -0.3 is 10.6 Å². The zero-order valence-corrected chi connectivity index (χ0v) is 15.0. The van der Waals surface area contributed by atoms with Gasteiger partial charge in [0.1, 0.15) is 11.5 Å². The molecule has 6 nitrogen and oxygen atoms in total. The van der Waals surface area contributed by atoms with Crippen LogP contribution in [-0.4, -0.2) is 22.4 Å². The molecule has 0 atom stereocenters. The third-order valence-electron chi connectivity index (χ3n) is 3.43. The zero-order valence-electron chi connectivity index (χ0n) is 13.4. The van der Waals surface area contributed by atoms with E-state index in [-0.39, 0.29) is 23.7 Å². The number of aromatic nitrogens is 2. The Hall–Kier alpha value is -2.71. The average molecular weight is 393 g/mol.